The third-order valence-electron chi connectivity index (χ3n) is 4.08. The van der Waals surface area contributed by atoms with Crippen LogP contribution in [-0.2, 0) is 9.59 Å². The molecule has 2 aromatic carbocycles. The molecular formula is C20H24N2O4. The van der Waals surface area contributed by atoms with Gasteiger partial charge in [-0.2, -0.15) is 0 Å². The first-order valence-electron chi connectivity index (χ1n) is 8.58. The molecule has 0 aliphatic heterocycles. The summed E-state index contributed by atoms with van der Waals surface area (Å²) in [6.45, 7) is 3.69. The predicted octanol–water partition coefficient (Wildman–Crippen LogP) is 3.51. The van der Waals surface area contributed by atoms with E-state index in [0.29, 0.717) is 17.9 Å². The maximum absolute atomic E-state index is 12.0. The molecule has 0 aromatic heterocycles. The van der Waals surface area contributed by atoms with Crippen molar-refractivity contribution in [3.63, 3.8) is 0 Å². The Bertz CT molecular complexity index is 716. The topological polar surface area (TPSA) is 87.7 Å². The summed E-state index contributed by atoms with van der Waals surface area (Å²) in [5.74, 6) is 0.0915. The molecule has 0 fully saturated rings. The van der Waals surface area contributed by atoms with E-state index in [2.05, 4.69) is 10.6 Å². The van der Waals surface area contributed by atoms with Crippen LogP contribution in [-0.4, -0.2) is 29.6 Å². The smallest absolute Gasteiger partial charge is 0.320 e. The maximum atomic E-state index is 12.0. The molecule has 0 saturated carbocycles. The molecule has 2 aromatic rings. The first-order valence-corrected chi connectivity index (χ1v) is 8.58. The lowest BCUT2D eigenvalue weighted by Gasteiger charge is -2.19. The van der Waals surface area contributed by atoms with Crippen molar-refractivity contribution < 1.29 is 19.4 Å². The normalized spacial score (nSPS) is 12.8. The number of carbonyl (C=O) groups excluding carboxylic acids is 1. The molecule has 0 aliphatic rings. The Kier molecular flexibility index (Phi) is 7.17. The molecule has 2 rings (SSSR count). The Morgan fingerprint density at radius 2 is 1.65 bits per heavy atom. The van der Waals surface area contributed by atoms with Crippen molar-refractivity contribution in [2.75, 3.05) is 11.9 Å². The molecule has 2 atom stereocenters. The number of rotatable bonds is 9. The second-order valence-electron chi connectivity index (χ2n) is 6.07. The highest BCUT2D eigenvalue weighted by Crippen LogP contribution is 2.22. The molecule has 0 spiro atoms. The molecule has 1 amide bonds. The molecule has 26 heavy (non-hydrogen) atoms. The van der Waals surface area contributed by atoms with Crippen molar-refractivity contribution in [2.24, 2.45) is 5.92 Å². The maximum Gasteiger partial charge on any atom is 0.320 e. The van der Waals surface area contributed by atoms with Crippen LogP contribution < -0.4 is 15.4 Å². The van der Waals surface area contributed by atoms with Crippen molar-refractivity contribution in [3.05, 3.63) is 54.6 Å². The Balaban J connectivity index is 1.86. The van der Waals surface area contributed by atoms with Gasteiger partial charge in [0.1, 0.15) is 17.5 Å². The second kappa shape index (κ2) is 9.58. The highest BCUT2D eigenvalue weighted by molar-refractivity contribution is 5.92. The first kappa shape index (κ1) is 19.5. The molecule has 138 valence electrons. The lowest BCUT2D eigenvalue weighted by molar-refractivity contribution is -0.140. The van der Waals surface area contributed by atoms with Gasteiger partial charge >= 0.3 is 5.97 Å². The van der Waals surface area contributed by atoms with Crippen molar-refractivity contribution in [3.8, 4) is 11.5 Å². The van der Waals surface area contributed by atoms with E-state index in [0.717, 1.165) is 5.75 Å². The number of hydrogen-bond donors (Lipinski definition) is 3. The van der Waals surface area contributed by atoms with Crippen molar-refractivity contribution in [1.29, 1.82) is 0 Å². The van der Waals surface area contributed by atoms with E-state index < -0.39 is 12.0 Å². The van der Waals surface area contributed by atoms with Gasteiger partial charge in [0.05, 0.1) is 6.54 Å². The van der Waals surface area contributed by atoms with Gasteiger partial charge in [0.15, 0.2) is 0 Å². The van der Waals surface area contributed by atoms with Crippen LogP contribution in [0.5, 0.6) is 11.5 Å². The number of hydrogen-bond acceptors (Lipinski definition) is 4. The number of ether oxygens (including phenoxy) is 1. The van der Waals surface area contributed by atoms with Gasteiger partial charge in [-0.05, 0) is 42.3 Å². The summed E-state index contributed by atoms with van der Waals surface area (Å²) in [4.78, 5) is 23.3. The molecule has 6 nitrogen and oxygen atoms in total. The highest BCUT2D eigenvalue weighted by Gasteiger charge is 2.23. The lowest BCUT2D eigenvalue weighted by Crippen LogP contribution is -2.45. The molecule has 0 saturated heterocycles. The van der Waals surface area contributed by atoms with Crippen LogP contribution in [0, 0.1) is 5.92 Å². The largest absolute Gasteiger partial charge is 0.480 e. The number of amides is 1. The van der Waals surface area contributed by atoms with Gasteiger partial charge in [-0.1, -0.05) is 38.5 Å². The van der Waals surface area contributed by atoms with Crippen LogP contribution in [0.4, 0.5) is 5.69 Å². The van der Waals surface area contributed by atoms with Gasteiger partial charge in [-0.3, -0.25) is 14.9 Å². The van der Waals surface area contributed by atoms with Gasteiger partial charge in [0, 0.05) is 5.69 Å². The zero-order valence-electron chi connectivity index (χ0n) is 14.9. The summed E-state index contributed by atoms with van der Waals surface area (Å²) in [5.41, 5.74) is 0.618. The molecule has 0 bridgehead atoms. The van der Waals surface area contributed by atoms with Crippen molar-refractivity contribution in [1.82, 2.24) is 5.32 Å². The fraction of sp³-hybridized carbons (Fsp3) is 0.300. The third-order valence-corrected chi connectivity index (χ3v) is 4.08. The molecule has 3 N–H and O–H groups in total. The van der Waals surface area contributed by atoms with E-state index in [1.54, 1.807) is 24.3 Å². The van der Waals surface area contributed by atoms with Crippen LogP contribution in [0.1, 0.15) is 20.3 Å². The van der Waals surface area contributed by atoms with E-state index in [4.69, 9.17) is 4.74 Å². The highest BCUT2D eigenvalue weighted by atomic mass is 16.5. The van der Waals surface area contributed by atoms with E-state index in [1.807, 2.05) is 44.2 Å². The molecule has 0 heterocycles. The summed E-state index contributed by atoms with van der Waals surface area (Å²) in [7, 11) is 0. The van der Waals surface area contributed by atoms with E-state index in [-0.39, 0.29) is 18.4 Å². The minimum atomic E-state index is -0.949. The van der Waals surface area contributed by atoms with Crippen LogP contribution in [0.15, 0.2) is 54.6 Å². The average molecular weight is 356 g/mol. The summed E-state index contributed by atoms with van der Waals surface area (Å²) >= 11 is 0. The number of nitrogens with one attached hydrogen (secondary N) is 2. The minimum Gasteiger partial charge on any atom is -0.480 e. The van der Waals surface area contributed by atoms with Gasteiger partial charge in [-0.25, -0.2) is 0 Å². The lowest BCUT2D eigenvalue weighted by atomic mass is 9.99. The van der Waals surface area contributed by atoms with E-state index >= 15 is 0 Å². The van der Waals surface area contributed by atoms with Crippen molar-refractivity contribution in [2.45, 2.75) is 26.3 Å². The van der Waals surface area contributed by atoms with E-state index in [1.165, 1.54) is 0 Å². The molecule has 6 heteroatoms. The fourth-order valence-corrected chi connectivity index (χ4v) is 2.41. The van der Waals surface area contributed by atoms with Crippen LogP contribution >= 0.6 is 0 Å². The molecule has 0 radical (unpaired) electrons. The van der Waals surface area contributed by atoms with Gasteiger partial charge in [0.2, 0.25) is 5.91 Å². The predicted molar refractivity (Wildman–Crippen MR) is 100 cm³/mol. The number of carboxylic acids is 1. The Labute approximate surface area is 153 Å². The molecular weight excluding hydrogens is 332 g/mol. The standard InChI is InChI=1S/C20H24N2O4/c1-3-14(2)19(20(24)25)21-13-18(23)22-15-9-11-17(12-10-15)26-16-7-5-4-6-8-16/h4-12,14,19,21H,3,13H2,1-2H3,(H,22,23)(H,24,25)/t14-,19-/m0/s1. The van der Waals surface area contributed by atoms with Crippen molar-refractivity contribution >= 4 is 17.6 Å². The summed E-state index contributed by atoms with van der Waals surface area (Å²) < 4.78 is 5.69. The van der Waals surface area contributed by atoms with Crippen LogP contribution in [0.3, 0.4) is 0 Å². The Hall–Kier alpha value is -2.86. The van der Waals surface area contributed by atoms with Crippen LogP contribution in [0.25, 0.3) is 0 Å². The zero-order valence-corrected chi connectivity index (χ0v) is 14.9. The zero-order chi connectivity index (χ0) is 18.9. The fourth-order valence-electron chi connectivity index (χ4n) is 2.41. The average Bonchev–Trinajstić information content (AvgIpc) is 2.64. The number of benzene rings is 2. The minimum absolute atomic E-state index is 0.0604. The van der Waals surface area contributed by atoms with Gasteiger partial charge in [-0.15, -0.1) is 0 Å². The second-order valence-corrected chi connectivity index (χ2v) is 6.07. The Morgan fingerprint density at radius 3 is 2.23 bits per heavy atom. The van der Waals surface area contributed by atoms with E-state index in [9.17, 15) is 14.7 Å². The van der Waals surface area contributed by atoms with Gasteiger partial charge in [0.25, 0.3) is 0 Å². The summed E-state index contributed by atoms with van der Waals surface area (Å²) in [6, 6.07) is 15.7. The SMILES string of the molecule is CC[C@H](C)[C@H](NCC(=O)Nc1ccc(Oc2ccccc2)cc1)C(=O)O. The summed E-state index contributed by atoms with van der Waals surface area (Å²) in [6.07, 6.45) is 0.717. The number of para-hydroxylation sites is 1. The Morgan fingerprint density at radius 1 is 1.04 bits per heavy atom. The number of carboxylic acid groups (broad SMARTS) is 1. The number of aliphatic carboxylic acids is 1. The van der Waals surface area contributed by atoms with Crippen LogP contribution in [0.2, 0.25) is 0 Å². The first-order chi connectivity index (χ1) is 12.5. The number of anilines is 1. The molecule has 0 unspecified atom stereocenters. The molecule has 0 aliphatic carbocycles. The monoisotopic (exact) mass is 356 g/mol. The summed E-state index contributed by atoms with van der Waals surface area (Å²) in [5, 5.41) is 14.8. The number of carbonyl (C=O) groups is 2. The third kappa shape index (κ3) is 5.89. The van der Waals surface area contributed by atoms with Gasteiger partial charge < -0.3 is 15.2 Å². The quantitative estimate of drug-likeness (QED) is 0.640.